The van der Waals surface area contributed by atoms with E-state index in [9.17, 15) is 13.2 Å². The zero-order valence-corrected chi connectivity index (χ0v) is 8.36. The van der Waals surface area contributed by atoms with Gasteiger partial charge in [0, 0.05) is 11.7 Å². The van der Waals surface area contributed by atoms with Gasteiger partial charge < -0.3 is 5.32 Å². The molecule has 0 spiro atoms. The second-order valence-corrected chi connectivity index (χ2v) is 4.03. The Labute approximate surface area is 86.3 Å². The maximum Gasteiger partial charge on any atom is 0.391 e. The summed E-state index contributed by atoms with van der Waals surface area (Å²) in [6.45, 7) is 1.94. The van der Waals surface area contributed by atoms with Crippen LogP contribution in [0.2, 0.25) is 0 Å². The van der Waals surface area contributed by atoms with E-state index in [0.717, 1.165) is 16.8 Å². The number of hydrogen-bond donors (Lipinski definition) is 1. The van der Waals surface area contributed by atoms with Crippen LogP contribution < -0.4 is 5.32 Å². The van der Waals surface area contributed by atoms with Crippen LogP contribution in [0.3, 0.4) is 0 Å². The van der Waals surface area contributed by atoms with Gasteiger partial charge in [0.2, 0.25) is 0 Å². The molecule has 0 radical (unpaired) electrons. The Morgan fingerprint density at radius 1 is 1.40 bits per heavy atom. The predicted octanol–water partition coefficient (Wildman–Crippen LogP) is 3.28. The smallest absolute Gasteiger partial charge is 0.381 e. The van der Waals surface area contributed by atoms with Gasteiger partial charge in [0.05, 0.1) is 6.42 Å². The Morgan fingerprint density at radius 3 is 2.80 bits per heavy atom. The Morgan fingerprint density at radius 2 is 2.13 bits per heavy atom. The van der Waals surface area contributed by atoms with Crippen molar-refractivity contribution in [3.8, 4) is 0 Å². The quantitative estimate of drug-likeness (QED) is 0.758. The lowest BCUT2D eigenvalue weighted by atomic mass is 10.1. The zero-order chi connectivity index (χ0) is 11.1. The molecule has 1 aliphatic rings. The minimum Gasteiger partial charge on any atom is -0.381 e. The van der Waals surface area contributed by atoms with Crippen LogP contribution in [0.25, 0.3) is 0 Å². The summed E-state index contributed by atoms with van der Waals surface area (Å²) in [5.74, 6) is 0. The topological polar surface area (TPSA) is 12.0 Å². The molecule has 0 aliphatic carbocycles. The molecule has 1 N–H and O–H groups in total. The minimum absolute atomic E-state index is 0.469. The Bertz CT molecular complexity index is 371. The number of halogens is 3. The van der Waals surface area contributed by atoms with E-state index in [1.165, 1.54) is 0 Å². The molecule has 0 amide bonds. The highest BCUT2D eigenvalue weighted by atomic mass is 19.4. The summed E-state index contributed by atoms with van der Waals surface area (Å²) in [4.78, 5) is 0. The maximum absolute atomic E-state index is 12.2. The highest BCUT2D eigenvalue weighted by Crippen LogP contribution is 2.32. The monoisotopic (exact) mass is 215 g/mol. The van der Waals surface area contributed by atoms with Gasteiger partial charge in [-0.15, -0.1) is 0 Å². The van der Waals surface area contributed by atoms with Gasteiger partial charge in [-0.05, 0) is 25.0 Å². The number of rotatable bonds is 1. The van der Waals surface area contributed by atoms with Gasteiger partial charge >= 0.3 is 6.18 Å². The van der Waals surface area contributed by atoms with Crippen LogP contribution in [-0.2, 0) is 6.42 Å². The van der Waals surface area contributed by atoms with Gasteiger partial charge in [-0.1, -0.05) is 17.7 Å². The number of alkyl halides is 3. The lowest BCUT2D eigenvalue weighted by molar-refractivity contribution is -0.136. The normalized spacial score (nSPS) is 19.9. The highest BCUT2D eigenvalue weighted by molar-refractivity contribution is 5.57. The third-order valence-corrected chi connectivity index (χ3v) is 2.56. The fourth-order valence-corrected chi connectivity index (χ4v) is 1.97. The second kappa shape index (κ2) is 3.43. The molecule has 1 unspecified atom stereocenters. The van der Waals surface area contributed by atoms with Gasteiger partial charge in [-0.25, -0.2) is 0 Å². The summed E-state index contributed by atoms with van der Waals surface area (Å²) < 4.78 is 36.5. The number of hydrogen-bond acceptors (Lipinski definition) is 1. The molecule has 1 nitrogen and oxygen atoms in total. The van der Waals surface area contributed by atoms with Gasteiger partial charge in [-0.2, -0.15) is 13.2 Å². The Hall–Kier alpha value is -1.19. The van der Waals surface area contributed by atoms with Crippen LogP contribution in [-0.4, -0.2) is 12.2 Å². The molecule has 82 valence electrons. The van der Waals surface area contributed by atoms with E-state index < -0.39 is 18.6 Å². The molecule has 0 aromatic heterocycles. The van der Waals surface area contributed by atoms with E-state index in [2.05, 4.69) is 5.32 Å². The third kappa shape index (κ3) is 2.43. The maximum atomic E-state index is 12.2. The van der Waals surface area contributed by atoms with Crippen LogP contribution >= 0.6 is 0 Å². The first-order valence-electron chi connectivity index (χ1n) is 4.87. The SMILES string of the molecule is Cc1ccc2c(c1)CC(CC(F)(F)F)N2. The summed E-state index contributed by atoms with van der Waals surface area (Å²) in [5.41, 5.74) is 2.92. The molecule has 1 atom stereocenters. The van der Waals surface area contributed by atoms with Crippen molar-refractivity contribution in [3.05, 3.63) is 29.3 Å². The molecular formula is C11H12F3N. The van der Waals surface area contributed by atoms with Gasteiger partial charge in [0.1, 0.15) is 0 Å². The molecule has 0 fully saturated rings. The van der Waals surface area contributed by atoms with Crippen LogP contribution in [0.15, 0.2) is 18.2 Å². The van der Waals surface area contributed by atoms with Crippen LogP contribution in [0, 0.1) is 6.92 Å². The number of nitrogens with one attached hydrogen (secondary N) is 1. The highest BCUT2D eigenvalue weighted by Gasteiger charge is 2.34. The number of benzene rings is 1. The van der Waals surface area contributed by atoms with Crippen molar-refractivity contribution in [2.24, 2.45) is 0 Å². The molecule has 1 aliphatic heterocycles. The van der Waals surface area contributed by atoms with Crippen molar-refractivity contribution < 1.29 is 13.2 Å². The van der Waals surface area contributed by atoms with Crippen molar-refractivity contribution in [2.45, 2.75) is 32.0 Å². The van der Waals surface area contributed by atoms with Gasteiger partial charge in [0.25, 0.3) is 0 Å². The number of anilines is 1. The molecule has 4 heteroatoms. The molecule has 15 heavy (non-hydrogen) atoms. The Kier molecular flexibility index (Phi) is 2.37. The lowest BCUT2D eigenvalue weighted by Gasteiger charge is -2.13. The van der Waals surface area contributed by atoms with E-state index in [4.69, 9.17) is 0 Å². The fraction of sp³-hybridized carbons (Fsp3) is 0.455. The summed E-state index contributed by atoms with van der Waals surface area (Å²) in [6.07, 6.45) is -4.38. The summed E-state index contributed by atoms with van der Waals surface area (Å²) in [7, 11) is 0. The van der Waals surface area contributed by atoms with Crippen LogP contribution in [0.5, 0.6) is 0 Å². The number of fused-ring (bicyclic) bond motifs is 1. The first-order chi connectivity index (χ1) is 6.94. The average molecular weight is 215 g/mol. The van der Waals surface area contributed by atoms with E-state index in [1.54, 1.807) is 0 Å². The standard InChI is InChI=1S/C11H12F3N/c1-7-2-3-10-8(4-7)5-9(15-10)6-11(12,13)14/h2-4,9,15H,5-6H2,1H3. The van der Waals surface area contributed by atoms with E-state index in [0.29, 0.717) is 6.42 Å². The predicted molar refractivity (Wildman–Crippen MR) is 53.0 cm³/mol. The van der Waals surface area contributed by atoms with E-state index >= 15 is 0 Å². The van der Waals surface area contributed by atoms with Gasteiger partial charge in [-0.3, -0.25) is 0 Å². The van der Waals surface area contributed by atoms with E-state index in [1.807, 2.05) is 25.1 Å². The molecule has 0 bridgehead atoms. The lowest BCUT2D eigenvalue weighted by Crippen LogP contribution is -2.24. The van der Waals surface area contributed by atoms with Crippen molar-refractivity contribution in [2.75, 3.05) is 5.32 Å². The van der Waals surface area contributed by atoms with E-state index in [-0.39, 0.29) is 0 Å². The second-order valence-electron chi connectivity index (χ2n) is 4.03. The fourth-order valence-electron chi connectivity index (χ4n) is 1.97. The Balaban J connectivity index is 2.09. The van der Waals surface area contributed by atoms with Crippen molar-refractivity contribution in [1.29, 1.82) is 0 Å². The summed E-state index contributed by atoms with van der Waals surface area (Å²) in [6, 6.07) is 5.20. The van der Waals surface area contributed by atoms with Crippen molar-refractivity contribution in [1.82, 2.24) is 0 Å². The van der Waals surface area contributed by atoms with Crippen LogP contribution in [0.4, 0.5) is 18.9 Å². The molecule has 0 saturated carbocycles. The first-order valence-corrected chi connectivity index (χ1v) is 4.87. The first kappa shape index (κ1) is 10.3. The largest absolute Gasteiger partial charge is 0.391 e. The van der Waals surface area contributed by atoms with Crippen LogP contribution in [0.1, 0.15) is 17.5 Å². The summed E-state index contributed by atoms with van der Waals surface area (Å²) >= 11 is 0. The molecule has 2 rings (SSSR count). The van der Waals surface area contributed by atoms with Crippen molar-refractivity contribution in [3.63, 3.8) is 0 Å². The molecule has 1 aromatic rings. The number of aryl methyl sites for hydroxylation is 1. The third-order valence-electron chi connectivity index (χ3n) is 2.56. The average Bonchev–Trinajstić information content (AvgIpc) is 2.42. The molecule has 0 saturated heterocycles. The van der Waals surface area contributed by atoms with Gasteiger partial charge in [0.15, 0.2) is 0 Å². The van der Waals surface area contributed by atoms with Crippen molar-refractivity contribution >= 4 is 5.69 Å². The molecule has 1 heterocycles. The molecule has 1 aromatic carbocycles. The zero-order valence-electron chi connectivity index (χ0n) is 8.36. The summed E-state index contributed by atoms with van der Waals surface area (Å²) in [5, 5.41) is 2.90. The minimum atomic E-state index is -4.09. The molecular weight excluding hydrogens is 203 g/mol.